The zero-order chi connectivity index (χ0) is 21.6. The van der Waals surface area contributed by atoms with Gasteiger partial charge in [0.25, 0.3) is 11.6 Å². The Kier molecular flexibility index (Phi) is 7.26. The number of carbonyl (C=O) groups excluding carboxylic acids is 2. The molecule has 0 heterocycles. The maximum Gasteiger partial charge on any atom is 0.321 e. The summed E-state index contributed by atoms with van der Waals surface area (Å²) in [5.74, 6) is -1.74. The summed E-state index contributed by atoms with van der Waals surface area (Å²) in [6.45, 7) is 0.423. The summed E-state index contributed by atoms with van der Waals surface area (Å²) in [5.41, 5.74) is 0.564. The van der Waals surface area contributed by atoms with E-state index < -0.39 is 45.7 Å². The summed E-state index contributed by atoms with van der Waals surface area (Å²) in [6, 6.07) is 9.63. The van der Waals surface area contributed by atoms with Gasteiger partial charge in [0, 0.05) is 11.8 Å². The fraction of sp³-hybridized carbons (Fsp3) is 0.176. The molecule has 0 fully saturated rings. The summed E-state index contributed by atoms with van der Waals surface area (Å²) >= 11 is 5.67. The fourth-order valence-corrected chi connectivity index (χ4v) is 3.23. The molecule has 2 N–H and O–H groups in total. The molecule has 0 bridgehead atoms. The molecule has 0 aromatic heterocycles. The van der Waals surface area contributed by atoms with E-state index >= 15 is 0 Å². The Balaban J connectivity index is 1.84. The number of rotatable bonds is 8. The lowest BCUT2D eigenvalue weighted by Crippen LogP contribution is -2.32. The van der Waals surface area contributed by atoms with Crippen LogP contribution in [0.4, 0.5) is 11.4 Å². The predicted molar refractivity (Wildman–Crippen MR) is 104 cm³/mol. The molecule has 0 radical (unpaired) electrons. The lowest BCUT2D eigenvalue weighted by atomic mass is 10.2. The number of ether oxygens (including phenoxy) is 1. The van der Waals surface area contributed by atoms with Crippen molar-refractivity contribution in [1.82, 2.24) is 4.72 Å². The average molecular weight is 442 g/mol. The number of nitro benzene ring substituents is 1. The number of nitrogens with zero attached hydrogens (tertiary/aromatic N) is 1. The Morgan fingerprint density at radius 1 is 1.17 bits per heavy atom. The Hall–Kier alpha value is -3.02. The number of halogens is 1. The molecule has 0 unspecified atom stereocenters. The van der Waals surface area contributed by atoms with Gasteiger partial charge in [0.2, 0.25) is 10.0 Å². The van der Waals surface area contributed by atoms with Crippen molar-refractivity contribution in [2.75, 3.05) is 18.5 Å². The highest BCUT2D eigenvalue weighted by Crippen LogP contribution is 2.27. The third kappa shape index (κ3) is 6.52. The summed E-state index contributed by atoms with van der Waals surface area (Å²) in [7, 11) is -3.90. The number of nitrogens with one attached hydrogen (secondary N) is 2. The SMILES string of the molecule is Cc1ccc(S(=O)(=O)NCC(=O)OCC(=O)Nc2ccc(Cl)c([N+](=O)[O-])c2)cc1. The van der Waals surface area contributed by atoms with Crippen LogP contribution in [0.1, 0.15) is 5.56 Å². The molecule has 0 atom stereocenters. The average Bonchev–Trinajstić information content (AvgIpc) is 2.66. The van der Waals surface area contributed by atoms with Crippen molar-refractivity contribution in [3.8, 4) is 0 Å². The van der Waals surface area contributed by atoms with Crippen molar-refractivity contribution in [2.45, 2.75) is 11.8 Å². The normalized spacial score (nSPS) is 11.0. The minimum atomic E-state index is -3.90. The number of anilines is 1. The quantitative estimate of drug-likeness (QED) is 0.362. The van der Waals surface area contributed by atoms with Crippen LogP contribution in [0.5, 0.6) is 0 Å². The number of benzene rings is 2. The molecule has 10 nitrogen and oxygen atoms in total. The molecule has 0 aliphatic rings. The number of amides is 1. The first-order valence-electron chi connectivity index (χ1n) is 8.04. The molecule has 2 aromatic carbocycles. The maximum atomic E-state index is 12.1. The molecule has 0 aliphatic carbocycles. The van der Waals surface area contributed by atoms with Crippen molar-refractivity contribution >= 4 is 44.9 Å². The van der Waals surface area contributed by atoms with Crippen LogP contribution in [-0.2, 0) is 24.3 Å². The maximum absolute atomic E-state index is 12.1. The topological polar surface area (TPSA) is 145 Å². The van der Waals surface area contributed by atoms with Crippen LogP contribution in [-0.4, -0.2) is 38.4 Å². The standard InChI is InChI=1S/C17H16ClN3O7S/c1-11-2-5-13(6-3-11)29(26,27)19-9-17(23)28-10-16(22)20-12-4-7-14(18)15(8-12)21(24)25/h2-8,19H,9-10H2,1H3,(H,20,22). The number of aryl methyl sites for hydroxylation is 1. The van der Waals surface area contributed by atoms with Gasteiger partial charge >= 0.3 is 5.97 Å². The Morgan fingerprint density at radius 3 is 2.45 bits per heavy atom. The van der Waals surface area contributed by atoms with Gasteiger partial charge in [-0.15, -0.1) is 0 Å². The predicted octanol–water partition coefficient (Wildman–Crippen LogP) is 2.02. The Labute approximate surface area is 171 Å². The Morgan fingerprint density at radius 2 is 1.83 bits per heavy atom. The second-order valence-electron chi connectivity index (χ2n) is 5.77. The highest BCUT2D eigenvalue weighted by atomic mass is 35.5. The van der Waals surface area contributed by atoms with Gasteiger partial charge in [-0.2, -0.15) is 4.72 Å². The van der Waals surface area contributed by atoms with Crippen molar-refractivity contribution in [3.05, 3.63) is 63.2 Å². The smallest absolute Gasteiger partial charge is 0.321 e. The Bertz CT molecular complexity index is 1040. The molecule has 2 rings (SSSR count). The van der Waals surface area contributed by atoms with E-state index in [2.05, 4.69) is 14.8 Å². The first kappa shape index (κ1) is 22.3. The van der Waals surface area contributed by atoms with Crippen LogP contribution in [0.2, 0.25) is 5.02 Å². The van der Waals surface area contributed by atoms with E-state index in [1.165, 1.54) is 24.3 Å². The number of hydrogen-bond acceptors (Lipinski definition) is 7. The molecular weight excluding hydrogens is 426 g/mol. The first-order valence-corrected chi connectivity index (χ1v) is 9.90. The minimum Gasteiger partial charge on any atom is -0.455 e. The van der Waals surface area contributed by atoms with Crippen molar-refractivity contribution in [3.63, 3.8) is 0 Å². The summed E-state index contributed by atoms with van der Waals surface area (Å²) in [6.07, 6.45) is 0. The minimum absolute atomic E-state index is 0.0158. The van der Waals surface area contributed by atoms with E-state index in [0.29, 0.717) is 0 Å². The number of hydrogen-bond donors (Lipinski definition) is 2. The molecule has 0 spiro atoms. The van der Waals surface area contributed by atoms with E-state index in [4.69, 9.17) is 11.6 Å². The lowest BCUT2D eigenvalue weighted by molar-refractivity contribution is -0.384. The van der Waals surface area contributed by atoms with E-state index in [1.807, 2.05) is 0 Å². The van der Waals surface area contributed by atoms with E-state index in [-0.39, 0.29) is 15.6 Å². The van der Waals surface area contributed by atoms with Gasteiger partial charge in [-0.25, -0.2) is 8.42 Å². The van der Waals surface area contributed by atoms with Gasteiger partial charge in [0.05, 0.1) is 9.82 Å². The number of carbonyl (C=O) groups is 2. The molecular formula is C17H16ClN3O7S. The molecule has 0 aliphatic heterocycles. The third-order valence-electron chi connectivity index (χ3n) is 3.53. The number of sulfonamides is 1. The molecule has 154 valence electrons. The van der Waals surface area contributed by atoms with E-state index in [1.54, 1.807) is 19.1 Å². The molecule has 0 saturated heterocycles. The van der Waals surface area contributed by atoms with Gasteiger partial charge in [0.1, 0.15) is 11.6 Å². The lowest BCUT2D eigenvalue weighted by Gasteiger charge is -2.08. The zero-order valence-corrected chi connectivity index (χ0v) is 16.6. The number of esters is 1. The first-order chi connectivity index (χ1) is 13.6. The van der Waals surface area contributed by atoms with Crippen molar-refractivity contribution < 1.29 is 27.7 Å². The summed E-state index contributed by atoms with van der Waals surface area (Å²) < 4.78 is 30.9. The van der Waals surface area contributed by atoms with E-state index in [9.17, 15) is 28.1 Å². The highest BCUT2D eigenvalue weighted by molar-refractivity contribution is 7.89. The molecule has 12 heteroatoms. The van der Waals surface area contributed by atoms with Gasteiger partial charge in [-0.05, 0) is 31.2 Å². The molecule has 1 amide bonds. The van der Waals surface area contributed by atoms with Crippen LogP contribution >= 0.6 is 11.6 Å². The van der Waals surface area contributed by atoms with Gasteiger partial charge in [-0.3, -0.25) is 19.7 Å². The highest BCUT2D eigenvalue weighted by Gasteiger charge is 2.17. The van der Waals surface area contributed by atoms with Crippen LogP contribution < -0.4 is 10.0 Å². The summed E-state index contributed by atoms with van der Waals surface area (Å²) in [5, 5.41) is 13.0. The summed E-state index contributed by atoms with van der Waals surface area (Å²) in [4.78, 5) is 33.6. The van der Waals surface area contributed by atoms with E-state index in [0.717, 1.165) is 11.6 Å². The fourth-order valence-electron chi connectivity index (χ4n) is 2.08. The van der Waals surface area contributed by atoms with Crippen LogP contribution in [0, 0.1) is 17.0 Å². The van der Waals surface area contributed by atoms with Crippen molar-refractivity contribution in [1.29, 1.82) is 0 Å². The monoisotopic (exact) mass is 441 g/mol. The molecule has 0 saturated carbocycles. The van der Waals surface area contributed by atoms with Crippen LogP contribution in [0.15, 0.2) is 47.4 Å². The second kappa shape index (κ2) is 9.45. The van der Waals surface area contributed by atoms with Crippen molar-refractivity contribution in [2.24, 2.45) is 0 Å². The molecule has 29 heavy (non-hydrogen) atoms. The largest absolute Gasteiger partial charge is 0.455 e. The van der Waals surface area contributed by atoms with Crippen LogP contribution in [0.25, 0.3) is 0 Å². The van der Waals surface area contributed by atoms with Gasteiger partial charge < -0.3 is 10.1 Å². The van der Waals surface area contributed by atoms with Gasteiger partial charge in [0.15, 0.2) is 6.61 Å². The van der Waals surface area contributed by atoms with Crippen LogP contribution in [0.3, 0.4) is 0 Å². The molecule has 2 aromatic rings. The second-order valence-corrected chi connectivity index (χ2v) is 7.94. The van der Waals surface area contributed by atoms with Gasteiger partial charge in [-0.1, -0.05) is 29.3 Å². The third-order valence-corrected chi connectivity index (χ3v) is 5.27. The number of nitro groups is 1. The zero-order valence-electron chi connectivity index (χ0n) is 15.0.